The Kier molecular flexibility index (Phi) is 5.95. The van der Waals surface area contributed by atoms with Crippen LogP contribution in [0.5, 0.6) is 0 Å². The number of aliphatic imine (C=N–C) groups is 1. The smallest absolute Gasteiger partial charge is 0.186 e. The molecule has 0 aliphatic rings. The summed E-state index contributed by atoms with van der Waals surface area (Å²) in [5, 5.41) is 18.3. The number of nitrogens with zero attached hydrogens (tertiary/aromatic N) is 4. The fourth-order valence-electron chi connectivity index (χ4n) is 2.35. The maximum atomic E-state index is 8.91. The van der Waals surface area contributed by atoms with Crippen LogP contribution in [-0.2, 0) is 6.42 Å². The van der Waals surface area contributed by atoms with Crippen molar-refractivity contribution in [2.24, 2.45) is 4.99 Å². The maximum absolute atomic E-state index is 8.91. The molecule has 0 aromatic heterocycles. The van der Waals surface area contributed by atoms with Crippen molar-refractivity contribution in [2.45, 2.75) is 20.3 Å². The maximum Gasteiger partial charge on any atom is 0.186 e. The minimum Gasteiger partial charge on any atom is -0.255 e. The lowest BCUT2D eigenvalue weighted by molar-refractivity contribution is 0.669. The molecule has 0 heterocycles. The SMILES string of the molecule is Cc1cc(N=CN(C#N)CC#N)c(C)cc1Cc1ccccc1Cl. The third-order valence-corrected chi connectivity index (χ3v) is 4.07. The number of hydrogen-bond acceptors (Lipinski definition) is 3. The molecule has 0 N–H and O–H groups in total. The van der Waals surface area contributed by atoms with Gasteiger partial charge in [0.1, 0.15) is 12.9 Å². The topological polar surface area (TPSA) is 63.2 Å². The summed E-state index contributed by atoms with van der Waals surface area (Å²) in [5.41, 5.74) is 5.18. The number of nitriles is 2. The summed E-state index contributed by atoms with van der Waals surface area (Å²) in [6.07, 6.45) is 4.05. The van der Waals surface area contributed by atoms with Crippen molar-refractivity contribution >= 4 is 23.6 Å². The molecule has 2 aromatic carbocycles. The Morgan fingerprint density at radius 3 is 2.54 bits per heavy atom. The molecule has 0 spiro atoms. The van der Waals surface area contributed by atoms with E-state index >= 15 is 0 Å². The fourth-order valence-corrected chi connectivity index (χ4v) is 2.55. The van der Waals surface area contributed by atoms with E-state index in [9.17, 15) is 0 Å². The van der Waals surface area contributed by atoms with E-state index in [0.717, 1.165) is 33.8 Å². The van der Waals surface area contributed by atoms with Crippen LogP contribution in [0.3, 0.4) is 0 Å². The Morgan fingerprint density at radius 2 is 1.88 bits per heavy atom. The minimum atomic E-state index is -0.0113. The van der Waals surface area contributed by atoms with Crippen molar-refractivity contribution in [1.29, 1.82) is 10.5 Å². The standard InChI is InChI=1S/C19H17ClN4/c1-14-10-19(23-13-24(12-22)8-7-21)15(2)9-17(14)11-16-5-3-4-6-18(16)20/h3-6,9-10,13H,8,11H2,1-2H3. The second kappa shape index (κ2) is 8.15. The molecule has 0 fully saturated rings. The van der Waals surface area contributed by atoms with E-state index in [1.807, 2.05) is 56.4 Å². The van der Waals surface area contributed by atoms with E-state index in [-0.39, 0.29) is 6.54 Å². The Balaban J connectivity index is 2.26. The summed E-state index contributed by atoms with van der Waals surface area (Å²) in [7, 11) is 0. The Hall–Kier alpha value is -2.82. The van der Waals surface area contributed by atoms with E-state index in [0.29, 0.717) is 0 Å². The van der Waals surface area contributed by atoms with E-state index in [1.54, 1.807) is 0 Å². The van der Waals surface area contributed by atoms with Crippen molar-refractivity contribution in [3.63, 3.8) is 0 Å². The molecule has 2 rings (SSSR count). The molecule has 0 saturated heterocycles. The molecule has 0 aliphatic heterocycles. The van der Waals surface area contributed by atoms with Crippen LogP contribution in [0.2, 0.25) is 5.02 Å². The third-order valence-electron chi connectivity index (χ3n) is 3.70. The normalized spacial score (nSPS) is 10.4. The summed E-state index contributed by atoms with van der Waals surface area (Å²) in [5.74, 6) is 0. The van der Waals surface area contributed by atoms with Crippen LogP contribution in [0.1, 0.15) is 22.3 Å². The lowest BCUT2D eigenvalue weighted by Gasteiger charge is -2.11. The Bertz CT molecular complexity index is 843. The summed E-state index contributed by atoms with van der Waals surface area (Å²) < 4.78 is 0. The zero-order chi connectivity index (χ0) is 17.5. The van der Waals surface area contributed by atoms with Crippen molar-refractivity contribution in [2.75, 3.05) is 6.54 Å². The molecule has 0 amide bonds. The van der Waals surface area contributed by atoms with Crippen molar-refractivity contribution < 1.29 is 0 Å². The highest BCUT2D eigenvalue weighted by atomic mass is 35.5. The first-order valence-corrected chi connectivity index (χ1v) is 7.84. The molecule has 24 heavy (non-hydrogen) atoms. The average molecular weight is 337 g/mol. The van der Waals surface area contributed by atoms with Crippen LogP contribution in [0.4, 0.5) is 5.69 Å². The highest BCUT2D eigenvalue weighted by molar-refractivity contribution is 6.31. The van der Waals surface area contributed by atoms with Crippen LogP contribution < -0.4 is 0 Å². The Morgan fingerprint density at radius 1 is 1.12 bits per heavy atom. The van der Waals surface area contributed by atoms with Gasteiger partial charge in [0.2, 0.25) is 0 Å². The van der Waals surface area contributed by atoms with Crippen molar-refractivity contribution in [3.05, 3.63) is 63.7 Å². The lowest BCUT2D eigenvalue weighted by Crippen LogP contribution is -2.15. The van der Waals surface area contributed by atoms with Crippen LogP contribution in [0.25, 0.3) is 0 Å². The molecule has 0 aliphatic carbocycles. The van der Waals surface area contributed by atoms with Gasteiger partial charge in [0, 0.05) is 5.02 Å². The van der Waals surface area contributed by atoms with Gasteiger partial charge in [-0.2, -0.15) is 10.5 Å². The lowest BCUT2D eigenvalue weighted by atomic mass is 9.97. The predicted molar refractivity (Wildman–Crippen MR) is 96.3 cm³/mol. The summed E-state index contributed by atoms with van der Waals surface area (Å²) >= 11 is 6.24. The molecule has 0 saturated carbocycles. The summed E-state index contributed by atoms with van der Waals surface area (Å²) in [4.78, 5) is 5.51. The average Bonchev–Trinajstić information content (AvgIpc) is 2.57. The second-order valence-corrected chi connectivity index (χ2v) is 5.87. The number of benzene rings is 2. The highest BCUT2D eigenvalue weighted by Gasteiger charge is 2.07. The highest BCUT2D eigenvalue weighted by Crippen LogP contribution is 2.26. The van der Waals surface area contributed by atoms with Crippen LogP contribution in [-0.4, -0.2) is 17.8 Å². The van der Waals surface area contributed by atoms with Crippen molar-refractivity contribution in [3.8, 4) is 12.3 Å². The quantitative estimate of drug-likeness (QED) is 0.265. The van der Waals surface area contributed by atoms with Gasteiger partial charge in [-0.1, -0.05) is 35.9 Å². The van der Waals surface area contributed by atoms with Gasteiger partial charge in [0.15, 0.2) is 6.19 Å². The van der Waals surface area contributed by atoms with Crippen LogP contribution in [0.15, 0.2) is 41.4 Å². The van der Waals surface area contributed by atoms with Crippen LogP contribution in [0, 0.1) is 36.6 Å². The van der Waals surface area contributed by atoms with Gasteiger partial charge < -0.3 is 0 Å². The Labute approximate surface area is 147 Å². The van der Waals surface area contributed by atoms with Gasteiger partial charge in [-0.3, -0.25) is 4.90 Å². The first-order chi connectivity index (χ1) is 11.5. The number of hydrogen-bond donors (Lipinski definition) is 0. The van der Waals surface area contributed by atoms with Gasteiger partial charge in [-0.15, -0.1) is 0 Å². The monoisotopic (exact) mass is 336 g/mol. The van der Waals surface area contributed by atoms with Crippen LogP contribution >= 0.6 is 11.6 Å². The van der Waals surface area contributed by atoms with Gasteiger partial charge in [-0.05, 0) is 54.7 Å². The number of rotatable bonds is 5. The summed E-state index contributed by atoms with van der Waals surface area (Å²) in [6, 6.07) is 13.8. The van der Waals surface area contributed by atoms with E-state index in [1.165, 1.54) is 16.8 Å². The molecular weight excluding hydrogens is 320 g/mol. The van der Waals surface area contributed by atoms with Gasteiger partial charge in [-0.25, -0.2) is 4.99 Å². The predicted octanol–water partition coefficient (Wildman–Crippen LogP) is 4.51. The van der Waals surface area contributed by atoms with Gasteiger partial charge in [0.05, 0.1) is 11.8 Å². The van der Waals surface area contributed by atoms with Gasteiger partial charge >= 0.3 is 0 Å². The minimum absolute atomic E-state index is 0.0113. The van der Waals surface area contributed by atoms with E-state index in [2.05, 4.69) is 11.1 Å². The first kappa shape index (κ1) is 17.5. The number of aryl methyl sites for hydroxylation is 2. The second-order valence-electron chi connectivity index (χ2n) is 5.46. The van der Waals surface area contributed by atoms with E-state index < -0.39 is 0 Å². The molecule has 0 bridgehead atoms. The fraction of sp³-hybridized carbons (Fsp3) is 0.211. The molecule has 2 aromatic rings. The molecule has 4 nitrogen and oxygen atoms in total. The van der Waals surface area contributed by atoms with Crippen molar-refractivity contribution in [1.82, 2.24) is 4.90 Å². The summed E-state index contributed by atoms with van der Waals surface area (Å²) in [6.45, 7) is 3.99. The number of halogens is 1. The molecule has 5 heteroatoms. The zero-order valence-corrected chi connectivity index (χ0v) is 14.4. The largest absolute Gasteiger partial charge is 0.255 e. The molecular formula is C19H17ClN4. The molecule has 0 atom stereocenters. The molecule has 0 unspecified atom stereocenters. The zero-order valence-electron chi connectivity index (χ0n) is 13.6. The van der Waals surface area contributed by atoms with Gasteiger partial charge in [0.25, 0.3) is 0 Å². The molecule has 120 valence electrons. The first-order valence-electron chi connectivity index (χ1n) is 7.46. The molecule has 0 radical (unpaired) electrons. The van der Waals surface area contributed by atoms with E-state index in [4.69, 9.17) is 22.1 Å². The third kappa shape index (κ3) is 4.35.